The highest BCUT2D eigenvalue weighted by Gasteiger charge is 2.34. The van der Waals surface area contributed by atoms with E-state index in [0.29, 0.717) is 0 Å². The van der Waals surface area contributed by atoms with Gasteiger partial charge in [0.15, 0.2) is 0 Å². The van der Waals surface area contributed by atoms with Gasteiger partial charge in [0.2, 0.25) is 5.91 Å². The quantitative estimate of drug-likeness (QED) is 0.846. The summed E-state index contributed by atoms with van der Waals surface area (Å²) in [6, 6.07) is -0.421. The molecule has 0 aromatic carbocycles. The molecule has 0 radical (unpaired) electrons. The van der Waals surface area contributed by atoms with Gasteiger partial charge in [-0.15, -0.1) is 0 Å². The smallest absolute Gasteiger partial charge is 0.331 e. The molecule has 0 bridgehead atoms. The summed E-state index contributed by atoms with van der Waals surface area (Å²) in [5, 5.41) is 3.16. The predicted octanol–water partition coefficient (Wildman–Crippen LogP) is 2.18. The Morgan fingerprint density at radius 3 is 2.56 bits per heavy atom. The van der Waals surface area contributed by atoms with Crippen LogP contribution in [-0.4, -0.2) is 42.7 Å². The summed E-state index contributed by atoms with van der Waals surface area (Å²) >= 11 is 0. The van der Waals surface area contributed by atoms with Crippen LogP contribution in [-0.2, 0) is 4.79 Å². The Balaban J connectivity index is 2.53. The van der Waals surface area contributed by atoms with E-state index in [1.807, 2.05) is 0 Å². The molecule has 1 saturated heterocycles. The molecule has 1 unspecified atom stereocenters. The Morgan fingerprint density at radius 2 is 2.11 bits per heavy atom. The van der Waals surface area contributed by atoms with Crippen LogP contribution >= 0.6 is 0 Å². The zero-order chi connectivity index (χ0) is 13.8. The Labute approximate surface area is 106 Å². The highest BCUT2D eigenvalue weighted by Crippen LogP contribution is 2.21. The van der Waals surface area contributed by atoms with E-state index in [0.717, 1.165) is 30.8 Å². The van der Waals surface area contributed by atoms with E-state index >= 15 is 0 Å². The molecule has 1 aliphatic heterocycles. The van der Waals surface area contributed by atoms with Crippen LogP contribution in [0.2, 0.25) is 0 Å². The van der Waals surface area contributed by atoms with E-state index in [1.165, 1.54) is 0 Å². The van der Waals surface area contributed by atoms with Gasteiger partial charge in [-0.3, -0.25) is 4.79 Å². The van der Waals surface area contributed by atoms with E-state index in [2.05, 4.69) is 5.32 Å². The lowest BCUT2D eigenvalue weighted by molar-refractivity contribution is -0.165. The minimum absolute atomic E-state index is 0.167. The number of nitrogens with one attached hydrogen (secondary N) is 1. The maximum Gasteiger partial charge on any atom is 0.406 e. The van der Waals surface area contributed by atoms with Crippen LogP contribution in [0.1, 0.15) is 33.1 Å². The van der Waals surface area contributed by atoms with Gasteiger partial charge >= 0.3 is 6.18 Å². The van der Waals surface area contributed by atoms with E-state index in [4.69, 9.17) is 0 Å². The minimum Gasteiger partial charge on any atom is -0.331 e. The molecule has 1 rings (SSSR count). The Kier molecular flexibility index (Phi) is 5.44. The van der Waals surface area contributed by atoms with Gasteiger partial charge in [-0.2, -0.15) is 13.2 Å². The molecule has 1 amide bonds. The molecule has 0 aromatic rings. The fraction of sp³-hybridized carbons (Fsp3) is 0.917. The van der Waals surface area contributed by atoms with Crippen LogP contribution in [0.3, 0.4) is 0 Å². The summed E-state index contributed by atoms with van der Waals surface area (Å²) < 4.78 is 37.2. The third kappa shape index (κ3) is 5.25. The standard InChI is InChI=1S/C12H21F3N2O/c1-9(2)17(8-12(13,14)15)11(18)6-10-4-3-5-16-7-10/h9-10,16H,3-8H2,1-2H3. The molecular weight excluding hydrogens is 245 g/mol. The second-order valence-electron chi connectivity index (χ2n) is 5.15. The SMILES string of the molecule is CC(C)N(CC(F)(F)F)C(=O)CC1CCCNC1. The number of nitrogens with zero attached hydrogens (tertiary/aromatic N) is 1. The van der Waals surface area contributed by atoms with Crippen LogP contribution in [0.25, 0.3) is 0 Å². The van der Waals surface area contributed by atoms with Gasteiger partial charge in [-0.25, -0.2) is 0 Å². The van der Waals surface area contributed by atoms with Crippen molar-refractivity contribution in [3.63, 3.8) is 0 Å². The van der Waals surface area contributed by atoms with Crippen molar-refractivity contribution in [1.29, 1.82) is 0 Å². The molecule has 1 aliphatic rings. The third-order valence-electron chi connectivity index (χ3n) is 3.16. The highest BCUT2D eigenvalue weighted by molar-refractivity contribution is 5.76. The molecule has 6 heteroatoms. The summed E-state index contributed by atoms with van der Waals surface area (Å²) in [4.78, 5) is 12.9. The van der Waals surface area contributed by atoms with Crippen LogP contribution in [0.4, 0.5) is 13.2 Å². The molecule has 0 spiro atoms. The molecule has 3 nitrogen and oxygen atoms in total. The molecule has 1 atom stereocenters. The number of carbonyl (C=O) groups excluding carboxylic acids is 1. The highest BCUT2D eigenvalue weighted by atomic mass is 19.4. The molecular formula is C12H21F3N2O. The van der Waals surface area contributed by atoms with Crippen molar-refractivity contribution < 1.29 is 18.0 Å². The first kappa shape index (κ1) is 15.3. The normalized spacial score (nSPS) is 21.1. The predicted molar refractivity (Wildman–Crippen MR) is 63.1 cm³/mol. The number of hydrogen-bond donors (Lipinski definition) is 1. The van der Waals surface area contributed by atoms with Gasteiger partial charge in [0.25, 0.3) is 0 Å². The second-order valence-corrected chi connectivity index (χ2v) is 5.15. The van der Waals surface area contributed by atoms with E-state index in [1.54, 1.807) is 13.8 Å². The monoisotopic (exact) mass is 266 g/mol. The third-order valence-corrected chi connectivity index (χ3v) is 3.16. The summed E-state index contributed by atoms with van der Waals surface area (Å²) in [5.74, 6) is -0.225. The summed E-state index contributed by atoms with van der Waals surface area (Å²) in [6.07, 6.45) is -2.22. The number of amides is 1. The van der Waals surface area contributed by atoms with Crippen LogP contribution in [0, 0.1) is 5.92 Å². The van der Waals surface area contributed by atoms with Crippen molar-refractivity contribution in [2.24, 2.45) is 5.92 Å². The number of carbonyl (C=O) groups is 1. The number of hydrogen-bond acceptors (Lipinski definition) is 2. The Morgan fingerprint density at radius 1 is 1.44 bits per heavy atom. The molecule has 18 heavy (non-hydrogen) atoms. The molecule has 0 aromatic heterocycles. The van der Waals surface area contributed by atoms with Gasteiger partial charge in [0, 0.05) is 12.5 Å². The maximum absolute atomic E-state index is 12.4. The molecule has 106 valence electrons. The maximum atomic E-state index is 12.4. The van der Waals surface area contributed by atoms with E-state index in [9.17, 15) is 18.0 Å². The lowest BCUT2D eigenvalue weighted by atomic mass is 9.95. The Bertz CT molecular complexity index is 273. The van der Waals surface area contributed by atoms with E-state index in [-0.39, 0.29) is 12.3 Å². The number of piperidine rings is 1. The molecule has 1 fully saturated rings. The van der Waals surface area contributed by atoms with Crippen molar-refractivity contribution in [2.75, 3.05) is 19.6 Å². The second kappa shape index (κ2) is 6.41. The van der Waals surface area contributed by atoms with Crippen LogP contribution < -0.4 is 5.32 Å². The lowest BCUT2D eigenvalue weighted by Gasteiger charge is -2.30. The largest absolute Gasteiger partial charge is 0.406 e. The summed E-state index contributed by atoms with van der Waals surface area (Å²) in [5.41, 5.74) is 0. The van der Waals surface area contributed by atoms with Gasteiger partial charge < -0.3 is 10.2 Å². The van der Waals surface area contributed by atoms with Gasteiger partial charge in [0.05, 0.1) is 0 Å². The molecule has 0 aliphatic carbocycles. The van der Waals surface area contributed by atoms with Crippen molar-refractivity contribution in [3.8, 4) is 0 Å². The van der Waals surface area contributed by atoms with Gasteiger partial charge in [0.1, 0.15) is 6.54 Å². The van der Waals surface area contributed by atoms with Gasteiger partial charge in [-0.1, -0.05) is 0 Å². The Hall–Kier alpha value is -0.780. The van der Waals surface area contributed by atoms with Crippen molar-refractivity contribution in [3.05, 3.63) is 0 Å². The molecule has 1 heterocycles. The lowest BCUT2D eigenvalue weighted by Crippen LogP contribution is -2.44. The number of halogens is 3. The fourth-order valence-electron chi connectivity index (χ4n) is 2.21. The topological polar surface area (TPSA) is 32.3 Å². The zero-order valence-corrected chi connectivity index (χ0v) is 10.9. The van der Waals surface area contributed by atoms with Crippen molar-refractivity contribution >= 4 is 5.91 Å². The summed E-state index contributed by atoms with van der Waals surface area (Å²) in [6.45, 7) is 3.74. The molecule has 0 saturated carbocycles. The molecule has 1 N–H and O–H groups in total. The average molecular weight is 266 g/mol. The number of rotatable bonds is 4. The van der Waals surface area contributed by atoms with E-state index < -0.39 is 24.7 Å². The fourth-order valence-corrected chi connectivity index (χ4v) is 2.21. The zero-order valence-electron chi connectivity index (χ0n) is 10.9. The van der Waals surface area contributed by atoms with Crippen molar-refractivity contribution in [2.45, 2.75) is 45.3 Å². The van der Waals surface area contributed by atoms with Crippen LogP contribution in [0.5, 0.6) is 0 Å². The first-order chi connectivity index (χ1) is 8.29. The first-order valence-corrected chi connectivity index (χ1v) is 6.36. The van der Waals surface area contributed by atoms with Crippen LogP contribution in [0.15, 0.2) is 0 Å². The van der Waals surface area contributed by atoms with Crippen molar-refractivity contribution in [1.82, 2.24) is 10.2 Å². The summed E-state index contributed by atoms with van der Waals surface area (Å²) in [7, 11) is 0. The first-order valence-electron chi connectivity index (χ1n) is 6.36. The minimum atomic E-state index is -4.33. The average Bonchev–Trinajstić information content (AvgIpc) is 2.25. The van der Waals surface area contributed by atoms with Gasteiger partial charge in [-0.05, 0) is 45.7 Å². The number of alkyl halides is 3.